The summed E-state index contributed by atoms with van der Waals surface area (Å²) >= 11 is 0. The molecule has 0 spiro atoms. The van der Waals surface area contributed by atoms with E-state index < -0.39 is 5.97 Å². The molecule has 108 valence electrons. The van der Waals surface area contributed by atoms with Crippen LogP contribution in [0.15, 0.2) is 42.5 Å². The molecular formula is C17H17NO3. The first kappa shape index (κ1) is 14.8. The molecule has 2 aromatic rings. The van der Waals surface area contributed by atoms with Crippen LogP contribution in [0, 0.1) is 13.8 Å². The normalized spacial score (nSPS) is 10.0. The highest BCUT2D eigenvalue weighted by Gasteiger charge is 2.10. The highest BCUT2D eigenvalue weighted by molar-refractivity contribution is 6.05. The number of nitrogens with one attached hydrogen (secondary N) is 1. The molecule has 4 nitrogen and oxygen atoms in total. The maximum atomic E-state index is 12.2. The Kier molecular flexibility index (Phi) is 4.38. The molecule has 1 N–H and O–H groups in total. The third-order valence-corrected chi connectivity index (χ3v) is 3.18. The van der Waals surface area contributed by atoms with Gasteiger partial charge in [-0.1, -0.05) is 17.7 Å². The zero-order chi connectivity index (χ0) is 15.4. The number of carbonyl (C=O) groups excluding carboxylic acids is 2. The number of carbonyl (C=O) groups is 2. The van der Waals surface area contributed by atoms with Crippen molar-refractivity contribution >= 4 is 17.6 Å². The van der Waals surface area contributed by atoms with Gasteiger partial charge in [0, 0.05) is 11.3 Å². The van der Waals surface area contributed by atoms with Crippen LogP contribution in [0.25, 0.3) is 0 Å². The summed E-state index contributed by atoms with van der Waals surface area (Å²) in [6, 6.07) is 12.4. The average Bonchev–Trinajstić information content (AvgIpc) is 2.48. The van der Waals surface area contributed by atoms with Crippen LogP contribution in [0.3, 0.4) is 0 Å². The van der Waals surface area contributed by atoms with Crippen molar-refractivity contribution in [3.8, 4) is 0 Å². The number of rotatable bonds is 3. The standard InChI is InChI=1S/C17H17NO3/c1-11-5-4-6-13(9-11)16(19)18-15-8-7-14(10-12(15)2)17(20)21-3/h4-10H,1-3H3,(H,18,19). The number of methoxy groups -OCH3 is 1. The van der Waals surface area contributed by atoms with Crippen molar-refractivity contribution in [1.82, 2.24) is 0 Å². The van der Waals surface area contributed by atoms with Gasteiger partial charge in [-0.25, -0.2) is 4.79 Å². The Balaban J connectivity index is 2.20. The smallest absolute Gasteiger partial charge is 0.337 e. The van der Waals surface area contributed by atoms with E-state index in [-0.39, 0.29) is 5.91 Å². The Morgan fingerprint density at radius 1 is 1.00 bits per heavy atom. The SMILES string of the molecule is COC(=O)c1ccc(NC(=O)c2cccc(C)c2)c(C)c1. The molecule has 0 aliphatic carbocycles. The number of hydrogen-bond donors (Lipinski definition) is 1. The molecule has 0 atom stereocenters. The van der Waals surface area contributed by atoms with E-state index >= 15 is 0 Å². The van der Waals surface area contributed by atoms with Crippen molar-refractivity contribution in [2.24, 2.45) is 0 Å². The van der Waals surface area contributed by atoms with Gasteiger partial charge in [-0.15, -0.1) is 0 Å². The average molecular weight is 283 g/mol. The van der Waals surface area contributed by atoms with Crippen LogP contribution >= 0.6 is 0 Å². The first-order valence-corrected chi connectivity index (χ1v) is 6.58. The Morgan fingerprint density at radius 3 is 2.38 bits per heavy atom. The van der Waals surface area contributed by atoms with Gasteiger partial charge >= 0.3 is 5.97 Å². The van der Waals surface area contributed by atoms with Crippen LogP contribution in [0.5, 0.6) is 0 Å². The lowest BCUT2D eigenvalue weighted by Gasteiger charge is -2.10. The molecule has 0 unspecified atom stereocenters. The summed E-state index contributed by atoms with van der Waals surface area (Å²) in [5.41, 5.74) is 3.57. The predicted molar refractivity (Wildman–Crippen MR) is 81.7 cm³/mol. The third-order valence-electron chi connectivity index (χ3n) is 3.18. The fourth-order valence-electron chi connectivity index (χ4n) is 2.03. The summed E-state index contributed by atoms with van der Waals surface area (Å²) < 4.78 is 4.67. The molecule has 4 heteroatoms. The van der Waals surface area contributed by atoms with Gasteiger partial charge in [-0.05, 0) is 49.7 Å². The summed E-state index contributed by atoms with van der Waals surface area (Å²) in [4.78, 5) is 23.6. The van der Waals surface area contributed by atoms with Gasteiger partial charge in [0.1, 0.15) is 0 Å². The van der Waals surface area contributed by atoms with Crippen molar-refractivity contribution in [3.05, 3.63) is 64.7 Å². The minimum absolute atomic E-state index is 0.174. The van der Waals surface area contributed by atoms with Crippen LogP contribution in [0.4, 0.5) is 5.69 Å². The van der Waals surface area contributed by atoms with E-state index in [1.807, 2.05) is 32.0 Å². The quantitative estimate of drug-likeness (QED) is 0.879. The second kappa shape index (κ2) is 6.22. The van der Waals surface area contributed by atoms with Crippen molar-refractivity contribution in [3.63, 3.8) is 0 Å². The second-order valence-corrected chi connectivity index (χ2v) is 4.84. The fourth-order valence-corrected chi connectivity index (χ4v) is 2.03. The van der Waals surface area contributed by atoms with Gasteiger partial charge in [-0.2, -0.15) is 0 Å². The van der Waals surface area contributed by atoms with Gasteiger partial charge in [0.15, 0.2) is 0 Å². The lowest BCUT2D eigenvalue weighted by atomic mass is 10.1. The van der Waals surface area contributed by atoms with E-state index in [4.69, 9.17) is 0 Å². The van der Waals surface area contributed by atoms with Gasteiger partial charge in [0.2, 0.25) is 0 Å². The summed E-state index contributed by atoms with van der Waals surface area (Å²) in [7, 11) is 1.34. The first-order valence-electron chi connectivity index (χ1n) is 6.58. The molecule has 0 bridgehead atoms. The molecule has 2 rings (SSSR count). The van der Waals surface area contributed by atoms with E-state index in [2.05, 4.69) is 10.1 Å². The molecule has 1 amide bonds. The molecule has 21 heavy (non-hydrogen) atoms. The van der Waals surface area contributed by atoms with E-state index in [9.17, 15) is 9.59 Å². The Labute approximate surface area is 123 Å². The Hall–Kier alpha value is -2.62. The molecule has 2 aromatic carbocycles. The van der Waals surface area contributed by atoms with Gasteiger partial charge in [0.25, 0.3) is 5.91 Å². The number of ether oxygens (including phenoxy) is 1. The number of amides is 1. The molecule has 0 saturated heterocycles. The summed E-state index contributed by atoms with van der Waals surface area (Å²) in [6.45, 7) is 3.77. The van der Waals surface area contributed by atoms with Crippen molar-refractivity contribution in [2.75, 3.05) is 12.4 Å². The van der Waals surface area contributed by atoms with E-state index in [1.54, 1.807) is 24.3 Å². The lowest BCUT2D eigenvalue weighted by Crippen LogP contribution is -2.13. The van der Waals surface area contributed by atoms with E-state index in [1.165, 1.54) is 7.11 Å². The molecule has 0 fully saturated rings. The number of esters is 1. The third kappa shape index (κ3) is 3.48. The lowest BCUT2D eigenvalue weighted by molar-refractivity contribution is 0.0600. The summed E-state index contributed by atoms with van der Waals surface area (Å²) in [5, 5.41) is 2.85. The van der Waals surface area contributed by atoms with Gasteiger partial charge in [-0.3, -0.25) is 4.79 Å². The topological polar surface area (TPSA) is 55.4 Å². The minimum Gasteiger partial charge on any atom is -0.465 e. The minimum atomic E-state index is -0.394. The van der Waals surface area contributed by atoms with Crippen molar-refractivity contribution in [1.29, 1.82) is 0 Å². The summed E-state index contributed by atoms with van der Waals surface area (Å²) in [5.74, 6) is -0.567. The zero-order valence-electron chi connectivity index (χ0n) is 12.3. The highest BCUT2D eigenvalue weighted by atomic mass is 16.5. The van der Waals surface area contributed by atoms with Crippen LogP contribution in [-0.4, -0.2) is 19.0 Å². The second-order valence-electron chi connectivity index (χ2n) is 4.84. The van der Waals surface area contributed by atoms with Crippen LogP contribution in [0.1, 0.15) is 31.8 Å². The largest absolute Gasteiger partial charge is 0.465 e. The monoisotopic (exact) mass is 283 g/mol. The molecular weight excluding hydrogens is 266 g/mol. The van der Waals surface area contributed by atoms with E-state index in [0.717, 1.165) is 11.1 Å². The number of benzene rings is 2. The Morgan fingerprint density at radius 2 is 1.76 bits per heavy atom. The number of aryl methyl sites for hydroxylation is 2. The van der Waals surface area contributed by atoms with Crippen molar-refractivity contribution < 1.29 is 14.3 Å². The van der Waals surface area contributed by atoms with Crippen molar-refractivity contribution in [2.45, 2.75) is 13.8 Å². The molecule has 0 aliphatic heterocycles. The maximum absolute atomic E-state index is 12.2. The fraction of sp³-hybridized carbons (Fsp3) is 0.176. The highest BCUT2D eigenvalue weighted by Crippen LogP contribution is 2.18. The van der Waals surface area contributed by atoms with E-state index in [0.29, 0.717) is 16.8 Å². The molecule has 0 aliphatic rings. The summed E-state index contributed by atoms with van der Waals surface area (Å²) in [6.07, 6.45) is 0. The van der Waals surface area contributed by atoms with Gasteiger partial charge in [0.05, 0.1) is 12.7 Å². The predicted octanol–water partition coefficient (Wildman–Crippen LogP) is 3.34. The number of hydrogen-bond acceptors (Lipinski definition) is 3. The number of anilines is 1. The first-order chi connectivity index (χ1) is 10.0. The van der Waals surface area contributed by atoms with Crippen LogP contribution in [0.2, 0.25) is 0 Å². The van der Waals surface area contributed by atoms with Crippen LogP contribution < -0.4 is 5.32 Å². The molecule has 0 radical (unpaired) electrons. The zero-order valence-corrected chi connectivity index (χ0v) is 12.3. The van der Waals surface area contributed by atoms with Crippen LogP contribution in [-0.2, 0) is 4.74 Å². The maximum Gasteiger partial charge on any atom is 0.337 e. The Bertz CT molecular complexity index is 692. The molecule has 0 aromatic heterocycles. The molecule has 0 saturated carbocycles. The van der Waals surface area contributed by atoms with Gasteiger partial charge < -0.3 is 10.1 Å². The molecule has 0 heterocycles.